The molecule has 6 nitrogen and oxygen atoms in total. The molecule has 2 N–H and O–H groups in total. The number of nitrogens with zero attached hydrogens (tertiary/aromatic N) is 2. The molecule has 0 aliphatic rings. The van der Waals surface area contributed by atoms with Crippen molar-refractivity contribution in [3.8, 4) is 0 Å². The number of benzene rings is 1. The molecule has 0 aliphatic heterocycles. The summed E-state index contributed by atoms with van der Waals surface area (Å²) >= 11 is 0. The van der Waals surface area contributed by atoms with Gasteiger partial charge in [0.2, 0.25) is 0 Å². The molecule has 0 aliphatic carbocycles. The summed E-state index contributed by atoms with van der Waals surface area (Å²) in [6, 6.07) is 7.64. The molecule has 0 saturated carbocycles. The lowest BCUT2D eigenvalue weighted by Gasteiger charge is -2.09. The van der Waals surface area contributed by atoms with Crippen LogP contribution in [0.25, 0.3) is 0 Å². The zero-order valence-corrected chi connectivity index (χ0v) is 14.8. The Labute approximate surface area is 143 Å². The van der Waals surface area contributed by atoms with E-state index in [2.05, 4.69) is 22.7 Å². The molecular weight excluding hydrogens is 304 g/mol. The molecule has 2 amide bonds. The monoisotopic (exact) mass is 330 g/mol. The van der Waals surface area contributed by atoms with Gasteiger partial charge in [-0.3, -0.25) is 4.68 Å². The predicted octanol–water partition coefficient (Wildman–Crippen LogP) is 3.03. The first-order valence-electron chi connectivity index (χ1n) is 8.20. The van der Waals surface area contributed by atoms with E-state index in [1.807, 2.05) is 42.8 Å². The number of carbonyl (C=O) groups excluding carboxylic acids is 1. The van der Waals surface area contributed by atoms with Crippen molar-refractivity contribution in [3.63, 3.8) is 0 Å². The van der Waals surface area contributed by atoms with Crippen LogP contribution in [0.3, 0.4) is 0 Å². The van der Waals surface area contributed by atoms with E-state index < -0.39 is 0 Å². The smallest absolute Gasteiger partial charge is 0.319 e. The van der Waals surface area contributed by atoms with Gasteiger partial charge in [-0.1, -0.05) is 19.1 Å². The molecule has 2 aromatic rings. The van der Waals surface area contributed by atoms with Gasteiger partial charge >= 0.3 is 6.03 Å². The highest BCUT2D eigenvalue weighted by molar-refractivity contribution is 5.89. The van der Waals surface area contributed by atoms with Crippen molar-refractivity contribution in [1.29, 1.82) is 0 Å². The SMILES string of the molecule is CCc1ccc(NC(=O)NCc2c(C)nn(CCOC)c2C)cc1. The number of nitrogens with one attached hydrogen (secondary N) is 2. The first-order chi connectivity index (χ1) is 11.5. The molecule has 1 aromatic heterocycles. The van der Waals surface area contributed by atoms with Gasteiger partial charge in [-0.15, -0.1) is 0 Å². The fourth-order valence-electron chi connectivity index (χ4n) is 2.55. The van der Waals surface area contributed by atoms with E-state index in [4.69, 9.17) is 4.74 Å². The van der Waals surface area contributed by atoms with E-state index in [9.17, 15) is 4.79 Å². The maximum atomic E-state index is 12.1. The second kappa shape index (κ2) is 8.49. The van der Waals surface area contributed by atoms with Gasteiger partial charge in [-0.25, -0.2) is 4.79 Å². The Bertz CT molecular complexity index is 677. The van der Waals surface area contributed by atoms with Crippen molar-refractivity contribution in [3.05, 3.63) is 46.8 Å². The van der Waals surface area contributed by atoms with Crippen molar-refractivity contribution in [2.45, 2.75) is 40.3 Å². The fraction of sp³-hybridized carbons (Fsp3) is 0.444. The van der Waals surface area contributed by atoms with Gasteiger partial charge in [-0.05, 0) is 38.0 Å². The Morgan fingerprint density at radius 1 is 1.25 bits per heavy atom. The molecule has 0 unspecified atom stereocenters. The highest BCUT2D eigenvalue weighted by Gasteiger charge is 2.12. The van der Waals surface area contributed by atoms with Crippen LogP contribution in [-0.4, -0.2) is 29.5 Å². The summed E-state index contributed by atoms with van der Waals surface area (Å²) < 4.78 is 7.00. The summed E-state index contributed by atoms with van der Waals surface area (Å²) in [4.78, 5) is 12.1. The number of urea groups is 1. The van der Waals surface area contributed by atoms with Crippen LogP contribution in [0.2, 0.25) is 0 Å². The molecule has 0 atom stereocenters. The minimum atomic E-state index is -0.220. The van der Waals surface area contributed by atoms with Crippen LogP contribution in [0.4, 0.5) is 10.5 Å². The highest BCUT2D eigenvalue weighted by atomic mass is 16.5. The molecule has 1 heterocycles. The maximum Gasteiger partial charge on any atom is 0.319 e. The average Bonchev–Trinajstić information content (AvgIpc) is 2.85. The van der Waals surface area contributed by atoms with Gasteiger partial charge in [0.1, 0.15) is 0 Å². The van der Waals surface area contributed by atoms with Crippen LogP contribution >= 0.6 is 0 Å². The Kier molecular flexibility index (Phi) is 6.37. The van der Waals surface area contributed by atoms with Crippen molar-refractivity contribution in [2.24, 2.45) is 0 Å². The molecule has 0 fully saturated rings. The van der Waals surface area contributed by atoms with E-state index in [0.29, 0.717) is 19.7 Å². The number of aromatic nitrogens is 2. The number of anilines is 1. The van der Waals surface area contributed by atoms with Crippen molar-refractivity contribution < 1.29 is 9.53 Å². The largest absolute Gasteiger partial charge is 0.383 e. The van der Waals surface area contributed by atoms with E-state index >= 15 is 0 Å². The van der Waals surface area contributed by atoms with Crippen molar-refractivity contribution in [1.82, 2.24) is 15.1 Å². The van der Waals surface area contributed by atoms with Gasteiger partial charge in [-0.2, -0.15) is 5.10 Å². The first-order valence-corrected chi connectivity index (χ1v) is 8.20. The van der Waals surface area contributed by atoms with Crippen LogP contribution in [-0.2, 0) is 24.2 Å². The number of hydrogen-bond donors (Lipinski definition) is 2. The second-order valence-electron chi connectivity index (χ2n) is 5.72. The van der Waals surface area contributed by atoms with Crippen molar-refractivity contribution >= 4 is 11.7 Å². The summed E-state index contributed by atoms with van der Waals surface area (Å²) in [6.45, 7) is 7.83. The number of carbonyl (C=O) groups is 1. The molecular formula is C18H26N4O2. The molecule has 0 spiro atoms. The summed E-state index contributed by atoms with van der Waals surface area (Å²) in [7, 11) is 1.67. The number of methoxy groups -OCH3 is 1. The fourth-order valence-corrected chi connectivity index (χ4v) is 2.55. The molecule has 0 bridgehead atoms. The lowest BCUT2D eigenvalue weighted by atomic mass is 10.1. The lowest BCUT2D eigenvalue weighted by molar-refractivity contribution is 0.182. The average molecular weight is 330 g/mol. The number of ether oxygens (including phenoxy) is 1. The summed E-state index contributed by atoms with van der Waals surface area (Å²) in [6.07, 6.45) is 0.984. The Hall–Kier alpha value is -2.34. The van der Waals surface area contributed by atoms with Gasteiger partial charge in [0.15, 0.2) is 0 Å². The van der Waals surface area contributed by atoms with Crippen molar-refractivity contribution in [2.75, 3.05) is 19.0 Å². The Morgan fingerprint density at radius 2 is 1.96 bits per heavy atom. The Balaban J connectivity index is 1.92. The minimum absolute atomic E-state index is 0.220. The standard InChI is InChI=1S/C18H26N4O2/c1-5-15-6-8-16(9-7-15)20-18(23)19-12-17-13(2)21-22(14(17)3)10-11-24-4/h6-9H,5,10-12H2,1-4H3,(H2,19,20,23). The predicted molar refractivity (Wildman–Crippen MR) is 95.3 cm³/mol. The third kappa shape index (κ3) is 4.58. The number of amides is 2. The van der Waals surface area contributed by atoms with E-state index in [1.54, 1.807) is 7.11 Å². The molecule has 0 saturated heterocycles. The zero-order chi connectivity index (χ0) is 17.5. The van der Waals surface area contributed by atoms with Crippen LogP contribution in [0.1, 0.15) is 29.4 Å². The van der Waals surface area contributed by atoms with E-state index in [0.717, 1.165) is 29.1 Å². The van der Waals surface area contributed by atoms with Crippen LogP contribution in [0, 0.1) is 13.8 Å². The summed E-state index contributed by atoms with van der Waals surface area (Å²) in [5.74, 6) is 0. The third-order valence-electron chi connectivity index (χ3n) is 4.08. The second-order valence-corrected chi connectivity index (χ2v) is 5.72. The van der Waals surface area contributed by atoms with Gasteiger partial charge in [0.25, 0.3) is 0 Å². The summed E-state index contributed by atoms with van der Waals surface area (Å²) in [5, 5.41) is 10.2. The number of hydrogen-bond acceptors (Lipinski definition) is 3. The molecule has 0 radical (unpaired) electrons. The van der Waals surface area contributed by atoms with E-state index in [1.165, 1.54) is 5.56 Å². The van der Waals surface area contributed by atoms with Crippen LogP contribution in [0.5, 0.6) is 0 Å². The first kappa shape index (κ1) is 18.0. The summed E-state index contributed by atoms with van der Waals surface area (Å²) in [5.41, 5.74) is 5.06. The molecule has 24 heavy (non-hydrogen) atoms. The maximum absolute atomic E-state index is 12.1. The van der Waals surface area contributed by atoms with Crippen LogP contribution < -0.4 is 10.6 Å². The third-order valence-corrected chi connectivity index (χ3v) is 4.08. The molecule has 6 heteroatoms. The molecule has 2 rings (SSSR count). The normalized spacial score (nSPS) is 10.7. The lowest BCUT2D eigenvalue weighted by Crippen LogP contribution is -2.28. The van der Waals surface area contributed by atoms with Gasteiger partial charge in [0, 0.05) is 30.6 Å². The molecule has 1 aromatic carbocycles. The zero-order valence-electron chi connectivity index (χ0n) is 14.8. The minimum Gasteiger partial charge on any atom is -0.383 e. The quantitative estimate of drug-likeness (QED) is 0.820. The molecule has 130 valence electrons. The van der Waals surface area contributed by atoms with Crippen LogP contribution in [0.15, 0.2) is 24.3 Å². The Morgan fingerprint density at radius 3 is 2.58 bits per heavy atom. The van der Waals surface area contributed by atoms with Gasteiger partial charge < -0.3 is 15.4 Å². The number of aryl methyl sites for hydroxylation is 2. The highest BCUT2D eigenvalue weighted by Crippen LogP contribution is 2.13. The van der Waals surface area contributed by atoms with E-state index in [-0.39, 0.29) is 6.03 Å². The topological polar surface area (TPSA) is 68.2 Å². The van der Waals surface area contributed by atoms with Gasteiger partial charge in [0.05, 0.1) is 18.8 Å². The number of rotatable bonds is 7.